The van der Waals surface area contributed by atoms with Crippen LogP contribution in [0.25, 0.3) is 0 Å². The lowest BCUT2D eigenvalue weighted by molar-refractivity contribution is -0.193. The number of nitrogens with zero attached hydrogens (tertiary/aromatic N) is 3. The van der Waals surface area contributed by atoms with Gasteiger partial charge in [-0.2, -0.15) is 26.3 Å². The van der Waals surface area contributed by atoms with Crippen LogP contribution in [-0.2, 0) is 32.2 Å². The van der Waals surface area contributed by atoms with E-state index < -0.39 is 24.3 Å². The number of hydrogen-bond acceptors (Lipinski definition) is 8. The third-order valence-electron chi connectivity index (χ3n) is 5.81. The first-order chi connectivity index (χ1) is 18.2. The molecule has 2 aromatic heterocycles. The maximum atomic E-state index is 10.6. The van der Waals surface area contributed by atoms with Crippen LogP contribution in [0.5, 0.6) is 0 Å². The molecular weight excluding hydrogens is 560 g/mol. The number of aliphatic carboxylic acids is 2. The number of thiazole rings is 1. The number of rotatable bonds is 6. The molecule has 9 nitrogen and oxygen atoms in total. The molecule has 218 valence electrons. The van der Waals surface area contributed by atoms with E-state index in [1.54, 1.807) is 11.3 Å². The molecule has 1 spiro atoms. The van der Waals surface area contributed by atoms with E-state index in [1.165, 1.54) is 17.8 Å². The molecule has 4 rings (SSSR count). The fraction of sp³-hybridized carbons (Fsp3) is 0.565. The Kier molecular flexibility index (Phi) is 12.1. The van der Waals surface area contributed by atoms with Gasteiger partial charge in [-0.25, -0.2) is 14.6 Å². The lowest BCUT2D eigenvalue weighted by atomic mass is 9.89. The first kappa shape index (κ1) is 32.4. The number of carboxylic acid groups (broad SMARTS) is 2. The van der Waals surface area contributed by atoms with Gasteiger partial charge in [0.1, 0.15) is 5.01 Å². The molecule has 0 unspecified atom stereocenters. The van der Waals surface area contributed by atoms with Gasteiger partial charge in [0.25, 0.3) is 0 Å². The molecule has 0 amide bonds. The molecule has 2 fully saturated rings. The average Bonchev–Trinajstić information content (AvgIpc) is 3.50. The zero-order chi connectivity index (χ0) is 29.1. The molecule has 0 radical (unpaired) electrons. The molecule has 1 aliphatic heterocycles. The largest absolute Gasteiger partial charge is 0.490 e. The van der Waals surface area contributed by atoms with E-state index in [0.717, 1.165) is 45.0 Å². The second-order valence-electron chi connectivity index (χ2n) is 8.58. The Labute approximate surface area is 223 Å². The number of halogens is 6. The van der Waals surface area contributed by atoms with Crippen molar-refractivity contribution in [1.82, 2.24) is 14.9 Å². The Hall–Kier alpha value is -2.82. The van der Waals surface area contributed by atoms with Gasteiger partial charge in [0, 0.05) is 36.8 Å². The standard InChI is InChI=1S/C19H25N3O2S.2C2HF3O2/c1-2-7-20-17(5-1)14-23-13-16-4-3-6-19(16)15-22(9-10-24-19)12-18-21-8-11-25-18;2*3-2(4,5)1(6)7/h1-2,5,7-8,11,16H,3-4,6,9-10,12-15H2;2*(H,6,7)/t16-,19-;;/m0../s1. The number of morpholine rings is 1. The van der Waals surface area contributed by atoms with E-state index in [0.29, 0.717) is 12.5 Å². The van der Waals surface area contributed by atoms with Gasteiger partial charge in [-0.1, -0.05) is 12.5 Å². The minimum absolute atomic E-state index is 0.0420. The van der Waals surface area contributed by atoms with Gasteiger partial charge in [0.05, 0.1) is 37.7 Å². The molecule has 3 heterocycles. The lowest BCUT2D eigenvalue weighted by Gasteiger charge is -2.44. The summed E-state index contributed by atoms with van der Waals surface area (Å²) in [7, 11) is 0. The Morgan fingerprint density at radius 3 is 2.31 bits per heavy atom. The number of aromatic nitrogens is 2. The topological polar surface area (TPSA) is 122 Å². The normalized spacial score (nSPS) is 21.4. The summed E-state index contributed by atoms with van der Waals surface area (Å²) in [4.78, 5) is 29.1. The summed E-state index contributed by atoms with van der Waals surface area (Å²) in [5.74, 6) is -5.05. The summed E-state index contributed by atoms with van der Waals surface area (Å²) in [6, 6.07) is 5.95. The second kappa shape index (κ2) is 14.5. The number of pyridine rings is 1. The van der Waals surface area contributed by atoms with Crippen LogP contribution in [-0.4, -0.2) is 81.3 Å². The maximum absolute atomic E-state index is 10.6. The predicted molar refractivity (Wildman–Crippen MR) is 125 cm³/mol. The van der Waals surface area contributed by atoms with Crippen molar-refractivity contribution in [2.45, 2.75) is 50.4 Å². The molecule has 39 heavy (non-hydrogen) atoms. The minimum atomic E-state index is -5.08. The molecule has 0 aromatic carbocycles. The molecule has 0 bridgehead atoms. The van der Waals surface area contributed by atoms with Crippen molar-refractivity contribution in [3.05, 3.63) is 46.7 Å². The van der Waals surface area contributed by atoms with Gasteiger partial charge in [-0.15, -0.1) is 11.3 Å². The summed E-state index contributed by atoms with van der Waals surface area (Å²) >= 11 is 1.73. The maximum Gasteiger partial charge on any atom is 0.490 e. The van der Waals surface area contributed by atoms with Crippen LogP contribution in [0.1, 0.15) is 30.0 Å². The van der Waals surface area contributed by atoms with Gasteiger partial charge in [-0.3, -0.25) is 9.88 Å². The zero-order valence-corrected chi connectivity index (χ0v) is 21.3. The molecule has 2 aliphatic rings. The van der Waals surface area contributed by atoms with Crippen molar-refractivity contribution in [2.75, 3.05) is 26.3 Å². The Morgan fingerprint density at radius 1 is 1.10 bits per heavy atom. The molecule has 2 atom stereocenters. The van der Waals surface area contributed by atoms with E-state index >= 15 is 0 Å². The van der Waals surface area contributed by atoms with Gasteiger partial charge in [0.15, 0.2) is 0 Å². The number of hydrogen-bond donors (Lipinski definition) is 2. The Balaban J connectivity index is 0.000000317. The third kappa shape index (κ3) is 11.1. The van der Waals surface area contributed by atoms with Crippen LogP contribution in [0, 0.1) is 5.92 Å². The molecule has 2 aromatic rings. The first-order valence-corrected chi connectivity index (χ1v) is 12.4. The summed E-state index contributed by atoms with van der Waals surface area (Å²) in [6.07, 6.45) is -2.91. The van der Waals surface area contributed by atoms with Gasteiger partial charge >= 0.3 is 24.3 Å². The summed E-state index contributed by atoms with van der Waals surface area (Å²) in [6.45, 7) is 5.05. The highest BCUT2D eigenvalue weighted by atomic mass is 32.1. The SMILES string of the molecule is O=C(O)C(F)(F)F.O=C(O)C(F)(F)F.c1ccc(COC[C@@H]2CCC[C@]23CN(Cc2nccs2)CCO3)nc1. The number of carbonyl (C=O) groups is 2. The summed E-state index contributed by atoms with van der Waals surface area (Å²) in [5.41, 5.74) is 0.948. The summed E-state index contributed by atoms with van der Waals surface area (Å²) < 4.78 is 75.8. The Bertz CT molecular complexity index is 1000. The summed E-state index contributed by atoms with van der Waals surface area (Å²) in [5, 5.41) is 17.5. The van der Waals surface area contributed by atoms with E-state index in [1.807, 2.05) is 30.6 Å². The van der Waals surface area contributed by atoms with E-state index in [9.17, 15) is 26.3 Å². The fourth-order valence-corrected chi connectivity index (χ4v) is 4.73. The van der Waals surface area contributed by atoms with Crippen molar-refractivity contribution < 1.29 is 55.6 Å². The highest BCUT2D eigenvalue weighted by Gasteiger charge is 2.47. The number of carboxylic acids is 2. The second-order valence-corrected chi connectivity index (χ2v) is 9.56. The van der Waals surface area contributed by atoms with Gasteiger partial charge in [-0.05, 0) is 25.0 Å². The molecule has 16 heteroatoms. The average molecular weight is 588 g/mol. The van der Waals surface area contributed by atoms with Crippen molar-refractivity contribution >= 4 is 23.3 Å². The quantitative estimate of drug-likeness (QED) is 0.474. The van der Waals surface area contributed by atoms with Crippen LogP contribution in [0.4, 0.5) is 26.3 Å². The molecule has 1 aliphatic carbocycles. The molecular formula is C23H27F6N3O6S. The number of ether oxygens (including phenoxy) is 2. The fourth-order valence-electron chi connectivity index (χ4n) is 4.08. The van der Waals surface area contributed by atoms with Crippen molar-refractivity contribution in [3.8, 4) is 0 Å². The van der Waals surface area contributed by atoms with Crippen LogP contribution >= 0.6 is 11.3 Å². The third-order valence-corrected chi connectivity index (χ3v) is 6.57. The van der Waals surface area contributed by atoms with E-state index in [4.69, 9.17) is 29.3 Å². The van der Waals surface area contributed by atoms with Crippen LogP contribution in [0.2, 0.25) is 0 Å². The van der Waals surface area contributed by atoms with Gasteiger partial charge < -0.3 is 19.7 Å². The van der Waals surface area contributed by atoms with Crippen molar-refractivity contribution in [2.24, 2.45) is 5.92 Å². The predicted octanol–water partition coefficient (Wildman–Crippen LogP) is 4.39. The highest BCUT2D eigenvalue weighted by Crippen LogP contribution is 2.41. The monoisotopic (exact) mass is 587 g/mol. The van der Waals surface area contributed by atoms with Crippen LogP contribution in [0.15, 0.2) is 36.0 Å². The Morgan fingerprint density at radius 2 is 1.77 bits per heavy atom. The zero-order valence-electron chi connectivity index (χ0n) is 20.5. The minimum Gasteiger partial charge on any atom is -0.475 e. The molecule has 2 N–H and O–H groups in total. The van der Waals surface area contributed by atoms with Crippen LogP contribution in [0.3, 0.4) is 0 Å². The molecule has 1 saturated heterocycles. The van der Waals surface area contributed by atoms with E-state index in [2.05, 4.69) is 20.2 Å². The van der Waals surface area contributed by atoms with Crippen molar-refractivity contribution in [3.63, 3.8) is 0 Å². The van der Waals surface area contributed by atoms with E-state index in [-0.39, 0.29) is 5.60 Å². The van der Waals surface area contributed by atoms with Gasteiger partial charge in [0.2, 0.25) is 0 Å². The number of alkyl halides is 6. The molecule has 1 saturated carbocycles. The first-order valence-electron chi connectivity index (χ1n) is 11.6. The highest BCUT2D eigenvalue weighted by molar-refractivity contribution is 7.09. The smallest absolute Gasteiger partial charge is 0.475 e. The lowest BCUT2D eigenvalue weighted by Crippen LogP contribution is -2.54. The van der Waals surface area contributed by atoms with Crippen molar-refractivity contribution in [1.29, 1.82) is 0 Å². The van der Waals surface area contributed by atoms with Crippen LogP contribution < -0.4 is 0 Å².